The predicted octanol–water partition coefficient (Wildman–Crippen LogP) is 6.58. The fourth-order valence-corrected chi connectivity index (χ4v) is 4.86. The van der Waals surface area contributed by atoms with Crippen LogP contribution in [0.3, 0.4) is 0 Å². The van der Waals surface area contributed by atoms with Crippen LogP contribution in [0.15, 0.2) is 42.5 Å². The van der Waals surface area contributed by atoms with Crippen molar-refractivity contribution in [2.24, 2.45) is 5.92 Å². The van der Waals surface area contributed by atoms with Crippen LogP contribution in [0.2, 0.25) is 0 Å². The molecular weight excluding hydrogens is 328 g/mol. The van der Waals surface area contributed by atoms with E-state index in [1.54, 1.807) is 0 Å². The van der Waals surface area contributed by atoms with Crippen LogP contribution in [-0.4, -0.2) is 0 Å². The summed E-state index contributed by atoms with van der Waals surface area (Å²) in [6.07, 6.45) is 2.33. The van der Waals surface area contributed by atoms with Gasteiger partial charge in [0, 0.05) is 15.7 Å². The lowest BCUT2D eigenvalue weighted by atomic mass is 9.83. The Balaban J connectivity index is 2.31. The van der Waals surface area contributed by atoms with Crippen LogP contribution in [0, 0.1) is 5.92 Å². The van der Waals surface area contributed by atoms with Gasteiger partial charge in [0.1, 0.15) is 0 Å². The highest BCUT2D eigenvalue weighted by molar-refractivity contribution is 9.09. The average molecular weight is 351 g/mol. The molecule has 0 aliphatic carbocycles. The van der Waals surface area contributed by atoms with Gasteiger partial charge in [-0.05, 0) is 30.0 Å². The van der Waals surface area contributed by atoms with E-state index in [9.17, 15) is 0 Å². The van der Waals surface area contributed by atoms with Gasteiger partial charge >= 0.3 is 0 Å². The zero-order valence-corrected chi connectivity index (χ0v) is 14.9. The van der Waals surface area contributed by atoms with E-state index in [2.05, 4.69) is 79.2 Å². The topological polar surface area (TPSA) is 0 Å². The van der Waals surface area contributed by atoms with Gasteiger partial charge in [-0.15, -0.1) is 11.3 Å². The van der Waals surface area contributed by atoms with Crippen molar-refractivity contribution in [3.05, 3.63) is 57.8 Å². The summed E-state index contributed by atoms with van der Waals surface area (Å²) in [6.45, 7) is 6.87. The molecule has 20 heavy (non-hydrogen) atoms. The molecule has 0 bridgehead atoms. The third-order valence-corrected chi connectivity index (χ3v) is 6.74. The largest absolute Gasteiger partial charge is 0.144 e. The fourth-order valence-electron chi connectivity index (χ4n) is 2.62. The smallest absolute Gasteiger partial charge is 0.0560 e. The van der Waals surface area contributed by atoms with Gasteiger partial charge in [-0.3, -0.25) is 0 Å². The first-order valence-electron chi connectivity index (χ1n) is 7.45. The summed E-state index contributed by atoms with van der Waals surface area (Å²) in [4.78, 5) is 3.33. The second kappa shape index (κ2) is 7.42. The molecule has 2 rings (SSSR count). The lowest BCUT2D eigenvalue weighted by molar-refractivity contribution is 0.442. The number of rotatable bonds is 6. The monoisotopic (exact) mass is 350 g/mol. The van der Waals surface area contributed by atoms with E-state index in [0.29, 0.717) is 16.7 Å². The molecule has 0 spiro atoms. The molecule has 2 heteroatoms. The number of benzene rings is 1. The van der Waals surface area contributed by atoms with Gasteiger partial charge in [0.15, 0.2) is 0 Å². The minimum atomic E-state index is 0.408. The van der Waals surface area contributed by atoms with Crippen molar-refractivity contribution in [1.29, 1.82) is 0 Å². The summed E-state index contributed by atoms with van der Waals surface area (Å²) >= 11 is 5.93. The Bertz CT molecular complexity index is 517. The molecule has 1 aromatic heterocycles. The summed E-state index contributed by atoms with van der Waals surface area (Å²) in [7, 11) is 0. The lowest BCUT2D eigenvalue weighted by Crippen LogP contribution is -2.14. The van der Waals surface area contributed by atoms with Crippen LogP contribution in [0.1, 0.15) is 53.3 Å². The van der Waals surface area contributed by atoms with Crippen LogP contribution < -0.4 is 0 Å². The van der Waals surface area contributed by atoms with E-state index in [1.165, 1.54) is 21.7 Å². The molecule has 0 saturated heterocycles. The molecular formula is C18H23BrS. The van der Waals surface area contributed by atoms with E-state index in [-0.39, 0.29) is 0 Å². The molecule has 2 aromatic rings. The summed E-state index contributed by atoms with van der Waals surface area (Å²) in [5.41, 5.74) is 1.44. The number of alkyl halides is 1. The van der Waals surface area contributed by atoms with E-state index in [4.69, 9.17) is 0 Å². The Hall–Kier alpha value is -0.600. The number of aryl methyl sites for hydroxylation is 1. The maximum Gasteiger partial charge on any atom is 0.0560 e. The molecule has 0 nitrogen and oxygen atoms in total. The Kier molecular flexibility index (Phi) is 5.86. The molecule has 0 aliphatic rings. The normalized spacial score (nSPS) is 15.8. The van der Waals surface area contributed by atoms with Crippen LogP contribution in [0.4, 0.5) is 0 Å². The van der Waals surface area contributed by atoms with E-state index in [0.717, 1.165) is 6.42 Å². The van der Waals surface area contributed by atoms with Gasteiger partial charge in [0.05, 0.1) is 4.83 Å². The number of halogens is 1. The first kappa shape index (κ1) is 15.8. The Morgan fingerprint density at radius 1 is 1.05 bits per heavy atom. The molecule has 0 aliphatic heterocycles. The van der Waals surface area contributed by atoms with E-state index in [1.807, 2.05) is 11.3 Å². The lowest BCUT2D eigenvalue weighted by Gasteiger charge is -2.28. The zero-order chi connectivity index (χ0) is 14.5. The maximum absolute atomic E-state index is 3.98. The second-order valence-electron chi connectivity index (χ2n) is 5.38. The van der Waals surface area contributed by atoms with E-state index >= 15 is 0 Å². The molecule has 0 radical (unpaired) electrons. The molecule has 0 amide bonds. The van der Waals surface area contributed by atoms with Gasteiger partial charge in [0.25, 0.3) is 0 Å². The number of hydrogen-bond donors (Lipinski definition) is 0. The first-order chi connectivity index (χ1) is 9.67. The maximum atomic E-state index is 3.98. The quantitative estimate of drug-likeness (QED) is 0.516. The summed E-state index contributed by atoms with van der Waals surface area (Å²) in [5, 5.41) is 0. The van der Waals surface area contributed by atoms with Crippen molar-refractivity contribution in [2.45, 2.75) is 44.4 Å². The van der Waals surface area contributed by atoms with Crippen LogP contribution in [-0.2, 0) is 6.42 Å². The van der Waals surface area contributed by atoms with Crippen LogP contribution >= 0.6 is 27.3 Å². The SMILES string of the molecule is CCc1ccc(C(Br)C(c2ccccc2)C(C)CC)s1. The molecule has 108 valence electrons. The predicted molar refractivity (Wildman–Crippen MR) is 94.0 cm³/mol. The highest BCUT2D eigenvalue weighted by Gasteiger charge is 2.27. The number of thiophene rings is 1. The van der Waals surface area contributed by atoms with Crippen molar-refractivity contribution >= 4 is 27.3 Å². The molecule has 1 heterocycles. The highest BCUT2D eigenvalue weighted by Crippen LogP contribution is 2.45. The molecule has 0 saturated carbocycles. The third kappa shape index (κ3) is 3.53. The van der Waals surface area contributed by atoms with Crippen molar-refractivity contribution < 1.29 is 0 Å². The van der Waals surface area contributed by atoms with Crippen LogP contribution in [0.5, 0.6) is 0 Å². The van der Waals surface area contributed by atoms with Crippen molar-refractivity contribution in [2.75, 3.05) is 0 Å². The Labute approximate surface area is 135 Å². The van der Waals surface area contributed by atoms with Crippen LogP contribution in [0.25, 0.3) is 0 Å². The zero-order valence-electron chi connectivity index (χ0n) is 12.5. The van der Waals surface area contributed by atoms with Gasteiger partial charge in [-0.1, -0.05) is 73.5 Å². The standard InChI is InChI=1S/C18H23BrS/c1-4-13(3)17(14-9-7-6-8-10-14)18(19)16-12-11-15(5-2)20-16/h6-13,17-18H,4-5H2,1-3H3. The van der Waals surface area contributed by atoms with Gasteiger partial charge in [-0.25, -0.2) is 0 Å². The summed E-state index contributed by atoms with van der Waals surface area (Å²) < 4.78 is 0. The Morgan fingerprint density at radius 3 is 2.30 bits per heavy atom. The van der Waals surface area contributed by atoms with E-state index < -0.39 is 0 Å². The second-order valence-corrected chi connectivity index (χ2v) is 7.57. The molecule has 0 N–H and O–H groups in total. The van der Waals surface area contributed by atoms with Crippen molar-refractivity contribution in [1.82, 2.24) is 0 Å². The van der Waals surface area contributed by atoms with Gasteiger partial charge in [-0.2, -0.15) is 0 Å². The average Bonchev–Trinajstić information content (AvgIpc) is 2.97. The Morgan fingerprint density at radius 2 is 1.75 bits per heavy atom. The molecule has 3 atom stereocenters. The highest BCUT2D eigenvalue weighted by atomic mass is 79.9. The molecule has 1 aromatic carbocycles. The minimum Gasteiger partial charge on any atom is -0.144 e. The number of hydrogen-bond acceptors (Lipinski definition) is 1. The van der Waals surface area contributed by atoms with Gasteiger partial charge < -0.3 is 0 Å². The summed E-state index contributed by atoms with van der Waals surface area (Å²) in [6, 6.07) is 15.5. The molecule has 0 fully saturated rings. The van der Waals surface area contributed by atoms with Gasteiger partial charge in [0.2, 0.25) is 0 Å². The van der Waals surface area contributed by atoms with Crippen molar-refractivity contribution in [3.63, 3.8) is 0 Å². The van der Waals surface area contributed by atoms with Crippen molar-refractivity contribution in [3.8, 4) is 0 Å². The minimum absolute atomic E-state index is 0.408. The third-order valence-electron chi connectivity index (χ3n) is 4.06. The fraction of sp³-hybridized carbons (Fsp3) is 0.444. The summed E-state index contributed by atoms with van der Waals surface area (Å²) in [5.74, 6) is 1.19. The molecule has 3 unspecified atom stereocenters. The first-order valence-corrected chi connectivity index (χ1v) is 9.18.